The van der Waals surface area contributed by atoms with Crippen molar-refractivity contribution < 1.29 is 28.7 Å². The van der Waals surface area contributed by atoms with Gasteiger partial charge in [-0.1, -0.05) is 24.3 Å². The Hall–Kier alpha value is -3.65. The van der Waals surface area contributed by atoms with Gasteiger partial charge < -0.3 is 18.9 Å². The highest BCUT2D eigenvalue weighted by molar-refractivity contribution is 6.06. The second kappa shape index (κ2) is 7.76. The fraction of sp³-hybridized carbons (Fsp3) is 0.190. The molecule has 0 radical (unpaired) electrons. The van der Waals surface area contributed by atoms with Gasteiger partial charge in [-0.2, -0.15) is 0 Å². The molecule has 0 spiro atoms. The molecule has 8 heteroatoms. The van der Waals surface area contributed by atoms with Crippen molar-refractivity contribution in [1.82, 2.24) is 0 Å². The largest absolute Gasteiger partial charge is 0.496 e. The van der Waals surface area contributed by atoms with Crippen molar-refractivity contribution >= 4 is 22.4 Å². The first kappa shape index (κ1) is 18.7. The molecule has 3 aromatic carbocycles. The number of hydrogen-bond donors (Lipinski definition) is 0. The summed E-state index contributed by atoms with van der Waals surface area (Å²) in [5, 5.41) is 12.7. The zero-order valence-electron chi connectivity index (χ0n) is 15.5. The second-order valence-corrected chi connectivity index (χ2v) is 6.40. The van der Waals surface area contributed by atoms with Crippen LogP contribution in [0.5, 0.6) is 11.5 Å². The van der Waals surface area contributed by atoms with Gasteiger partial charge in [0.15, 0.2) is 6.79 Å². The molecule has 0 aliphatic carbocycles. The first-order valence-electron chi connectivity index (χ1n) is 8.82. The number of esters is 1. The summed E-state index contributed by atoms with van der Waals surface area (Å²) in [5.41, 5.74) is 1.24. The van der Waals surface area contributed by atoms with Gasteiger partial charge in [0, 0.05) is 28.6 Å². The molecule has 0 saturated heterocycles. The summed E-state index contributed by atoms with van der Waals surface area (Å²) in [6, 6.07) is 13.4. The zero-order chi connectivity index (χ0) is 20.4. The van der Waals surface area contributed by atoms with E-state index in [-0.39, 0.29) is 25.7 Å². The standard InChI is InChI=1S/C21H17NO7/c1-26-19-7-6-18(16-4-2-3-5-17(16)19)21(23)28-11-14-9-15(22(24)25)8-13-10-27-12-29-20(13)14/h2-9H,10-12H2,1H3. The van der Waals surface area contributed by atoms with Gasteiger partial charge in [0.1, 0.15) is 18.1 Å². The summed E-state index contributed by atoms with van der Waals surface area (Å²) < 4.78 is 21.5. The highest BCUT2D eigenvalue weighted by Crippen LogP contribution is 2.34. The lowest BCUT2D eigenvalue weighted by molar-refractivity contribution is -0.385. The number of nitrogens with zero attached hydrogens (tertiary/aromatic N) is 1. The van der Waals surface area contributed by atoms with Gasteiger partial charge in [-0.05, 0) is 17.5 Å². The number of hydrogen-bond acceptors (Lipinski definition) is 7. The van der Waals surface area contributed by atoms with Crippen LogP contribution in [0.25, 0.3) is 10.8 Å². The van der Waals surface area contributed by atoms with Crippen LogP contribution in [0.15, 0.2) is 48.5 Å². The number of fused-ring (bicyclic) bond motifs is 2. The highest BCUT2D eigenvalue weighted by atomic mass is 16.7. The van der Waals surface area contributed by atoms with Crippen LogP contribution in [-0.4, -0.2) is 24.8 Å². The summed E-state index contributed by atoms with van der Waals surface area (Å²) in [6.07, 6.45) is 0. The van der Waals surface area contributed by atoms with Gasteiger partial charge in [0.2, 0.25) is 0 Å². The normalized spacial score (nSPS) is 12.7. The van der Waals surface area contributed by atoms with Crippen molar-refractivity contribution in [2.75, 3.05) is 13.9 Å². The van der Waals surface area contributed by atoms with Crippen molar-refractivity contribution in [3.8, 4) is 11.5 Å². The number of nitro benzene ring substituents is 1. The quantitative estimate of drug-likeness (QED) is 0.366. The summed E-state index contributed by atoms with van der Waals surface area (Å²) in [4.78, 5) is 23.5. The smallest absolute Gasteiger partial charge is 0.339 e. The molecule has 0 unspecified atom stereocenters. The first-order chi connectivity index (χ1) is 14.1. The fourth-order valence-corrected chi connectivity index (χ4v) is 3.34. The molecule has 0 N–H and O–H groups in total. The molecule has 0 saturated carbocycles. The van der Waals surface area contributed by atoms with E-state index in [2.05, 4.69) is 0 Å². The Balaban J connectivity index is 1.63. The molecule has 1 aliphatic heterocycles. The van der Waals surface area contributed by atoms with Crippen molar-refractivity contribution in [3.63, 3.8) is 0 Å². The van der Waals surface area contributed by atoms with E-state index in [1.807, 2.05) is 24.3 Å². The Morgan fingerprint density at radius 1 is 1.17 bits per heavy atom. The Morgan fingerprint density at radius 3 is 2.72 bits per heavy atom. The lowest BCUT2D eigenvalue weighted by Crippen LogP contribution is -2.15. The monoisotopic (exact) mass is 395 g/mol. The molecule has 0 amide bonds. The Kier molecular flexibility index (Phi) is 5.01. The SMILES string of the molecule is COc1ccc(C(=O)OCc2cc([N+](=O)[O-])cc3c2OCOC3)c2ccccc12. The summed E-state index contributed by atoms with van der Waals surface area (Å²) >= 11 is 0. The molecule has 4 rings (SSSR count). The molecular formula is C21H17NO7. The highest BCUT2D eigenvalue weighted by Gasteiger charge is 2.22. The average molecular weight is 395 g/mol. The van der Waals surface area contributed by atoms with Crippen LogP contribution in [0, 0.1) is 10.1 Å². The Labute approximate surface area is 165 Å². The topological polar surface area (TPSA) is 97.1 Å². The molecule has 0 bridgehead atoms. The van der Waals surface area contributed by atoms with Crippen LogP contribution in [0.2, 0.25) is 0 Å². The van der Waals surface area contributed by atoms with E-state index in [0.717, 1.165) is 5.39 Å². The molecule has 0 atom stereocenters. The minimum atomic E-state index is -0.545. The Morgan fingerprint density at radius 2 is 1.97 bits per heavy atom. The zero-order valence-corrected chi connectivity index (χ0v) is 15.5. The van der Waals surface area contributed by atoms with Gasteiger partial charge in [-0.25, -0.2) is 4.79 Å². The summed E-state index contributed by atoms with van der Waals surface area (Å²) in [6.45, 7) is 0.0686. The van der Waals surface area contributed by atoms with Crippen LogP contribution in [0.1, 0.15) is 21.5 Å². The van der Waals surface area contributed by atoms with E-state index in [1.54, 1.807) is 19.2 Å². The molecule has 1 heterocycles. The third kappa shape index (κ3) is 3.57. The maximum absolute atomic E-state index is 12.8. The molecule has 8 nitrogen and oxygen atoms in total. The third-order valence-electron chi connectivity index (χ3n) is 4.67. The molecular weight excluding hydrogens is 378 g/mol. The molecule has 1 aliphatic rings. The van der Waals surface area contributed by atoms with Gasteiger partial charge >= 0.3 is 5.97 Å². The van der Waals surface area contributed by atoms with Crippen molar-refractivity contribution in [3.05, 3.63) is 75.3 Å². The second-order valence-electron chi connectivity index (χ2n) is 6.40. The van der Waals surface area contributed by atoms with Crippen LogP contribution in [0.3, 0.4) is 0 Å². The minimum absolute atomic E-state index is 0.0366. The van der Waals surface area contributed by atoms with Crippen molar-refractivity contribution in [2.45, 2.75) is 13.2 Å². The van der Waals surface area contributed by atoms with Crippen LogP contribution >= 0.6 is 0 Å². The lowest BCUT2D eigenvalue weighted by atomic mass is 10.0. The number of non-ortho nitro benzene ring substituents is 1. The van der Waals surface area contributed by atoms with Crippen LogP contribution in [0.4, 0.5) is 5.69 Å². The minimum Gasteiger partial charge on any atom is -0.496 e. The van der Waals surface area contributed by atoms with Crippen molar-refractivity contribution in [2.24, 2.45) is 0 Å². The van der Waals surface area contributed by atoms with Crippen molar-refractivity contribution in [1.29, 1.82) is 0 Å². The number of nitro groups is 1. The van der Waals surface area contributed by atoms with Crippen LogP contribution in [-0.2, 0) is 22.7 Å². The number of methoxy groups -OCH3 is 1. The molecule has 0 fully saturated rings. The maximum atomic E-state index is 12.8. The van der Waals surface area contributed by atoms with E-state index < -0.39 is 10.9 Å². The maximum Gasteiger partial charge on any atom is 0.339 e. The average Bonchev–Trinajstić information content (AvgIpc) is 2.76. The molecule has 148 valence electrons. The van der Waals surface area contributed by atoms with E-state index >= 15 is 0 Å². The summed E-state index contributed by atoms with van der Waals surface area (Å²) in [5.74, 6) is 0.559. The van der Waals surface area contributed by atoms with Gasteiger partial charge in [0.05, 0.1) is 24.2 Å². The molecule has 3 aromatic rings. The van der Waals surface area contributed by atoms with E-state index in [4.69, 9.17) is 18.9 Å². The molecule has 29 heavy (non-hydrogen) atoms. The number of carbonyl (C=O) groups is 1. The van der Waals surface area contributed by atoms with Gasteiger partial charge in [-0.3, -0.25) is 10.1 Å². The third-order valence-corrected chi connectivity index (χ3v) is 4.67. The van der Waals surface area contributed by atoms with Gasteiger partial charge in [0.25, 0.3) is 5.69 Å². The molecule has 0 aromatic heterocycles. The summed E-state index contributed by atoms with van der Waals surface area (Å²) in [7, 11) is 1.56. The predicted octanol–water partition coefficient (Wildman–Crippen LogP) is 3.98. The Bertz CT molecular complexity index is 1110. The first-order valence-corrected chi connectivity index (χ1v) is 8.82. The van der Waals surface area contributed by atoms with E-state index in [1.165, 1.54) is 12.1 Å². The van der Waals surface area contributed by atoms with E-state index in [0.29, 0.717) is 33.6 Å². The van der Waals surface area contributed by atoms with E-state index in [9.17, 15) is 14.9 Å². The fourth-order valence-electron chi connectivity index (χ4n) is 3.34. The number of rotatable bonds is 5. The number of carbonyl (C=O) groups excluding carboxylic acids is 1. The van der Waals surface area contributed by atoms with Gasteiger partial charge in [-0.15, -0.1) is 0 Å². The van der Waals surface area contributed by atoms with Crippen LogP contribution < -0.4 is 9.47 Å². The number of benzene rings is 3. The number of ether oxygens (including phenoxy) is 4. The lowest BCUT2D eigenvalue weighted by Gasteiger charge is -2.20. The predicted molar refractivity (Wildman–Crippen MR) is 103 cm³/mol.